The molecule has 0 saturated carbocycles. The summed E-state index contributed by atoms with van der Waals surface area (Å²) in [5, 5.41) is 8.60. The topological polar surface area (TPSA) is 76.4 Å². The quantitative estimate of drug-likeness (QED) is 0.562. The number of hydrogen-bond acceptors (Lipinski definition) is 5. The Labute approximate surface area is 110 Å². The fraction of sp³-hybridized carbons (Fsp3) is 0.364. The highest BCUT2D eigenvalue weighted by Gasteiger charge is 2.04. The predicted octanol–water partition coefficient (Wildman–Crippen LogP) is 1.52. The van der Waals surface area contributed by atoms with Crippen LogP contribution in [0.1, 0.15) is 5.56 Å². The third-order valence-electron chi connectivity index (χ3n) is 1.95. The lowest BCUT2D eigenvalue weighted by atomic mass is 10.2. The number of hydrogen-bond donors (Lipinski definition) is 0. The molecule has 0 atom stereocenters. The van der Waals surface area contributed by atoms with Crippen molar-refractivity contribution in [1.82, 2.24) is 0 Å². The lowest BCUT2D eigenvalue weighted by Crippen LogP contribution is -2.11. The van der Waals surface area contributed by atoms with Crippen molar-refractivity contribution in [3.05, 3.63) is 29.8 Å². The molecule has 5 nitrogen and oxygen atoms in total. The fourth-order valence-corrected chi connectivity index (χ4v) is 1.61. The van der Waals surface area contributed by atoms with Crippen LogP contribution in [0.4, 0.5) is 0 Å². The highest BCUT2D eigenvalue weighted by atomic mass is 35.7. The summed E-state index contributed by atoms with van der Waals surface area (Å²) in [4.78, 5) is 0. The van der Waals surface area contributed by atoms with Gasteiger partial charge < -0.3 is 9.47 Å². The van der Waals surface area contributed by atoms with E-state index in [1.165, 1.54) is 0 Å². The van der Waals surface area contributed by atoms with E-state index in [4.69, 9.17) is 25.4 Å². The largest absolute Gasteiger partial charge is 0.491 e. The summed E-state index contributed by atoms with van der Waals surface area (Å²) < 4.78 is 31.5. The van der Waals surface area contributed by atoms with Crippen LogP contribution in [0.2, 0.25) is 0 Å². The van der Waals surface area contributed by atoms with Gasteiger partial charge in [-0.2, -0.15) is 5.26 Å². The zero-order valence-electron chi connectivity index (χ0n) is 9.50. The number of benzene rings is 1. The number of nitriles is 1. The van der Waals surface area contributed by atoms with Crippen molar-refractivity contribution in [2.24, 2.45) is 0 Å². The lowest BCUT2D eigenvalue weighted by molar-refractivity contribution is 0.111. The van der Waals surface area contributed by atoms with E-state index in [9.17, 15) is 8.42 Å². The molecule has 0 heterocycles. The van der Waals surface area contributed by atoms with E-state index in [0.29, 0.717) is 17.9 Å². The van der Waals surface area contributed by atoms with Crippen LogP contribution in [0.5, 0.6) is 5.75 Å². The number of ether oxygens (including phenoxy) is 2. The molecule has 0 aliphatic carbocycles. The standard InChI is InChI=1S/C11H12ClNO4S/c12-18(14,15)8-7-16-5-6-17-11-3-1-10(9-13)2-4-11/h1-4H,5-8H2. The van der Waals surface area contributed by atoms with E-state index in [2.05, 4.69) is 0 Å². The van der Waals surface area contributed by atoms with Gasteiger partial charge in [-0.3, -0.25) is 0 Å². The lowest BCUT2D eigenvalue weighted by Gasteiger charge is -2.06. The maximum absolute atomic E-state index is 10.6. The molecule has 98 valence electrons. The number of nitrogens with zero attached hydrogens (tertiary/aromatic N) is 1. The van der Waals surface area contributed by atoms with Gasteiger partial charge in [0.05, 0.1) is 30.6 Å². The first-order chi connectivity index (χ1) is 8.51. The Morgan fingerprint density at radius 1 is 1.17 bits per heavy atom. The first kappa shape index (κ1) is 14.8. The van der Waals surface area contributed by atoms with Gasteiger partial charge in [0, 0.05) is 10.7 Å². The zero-order valence-corrected chi connectivity index (χ0v) is 11.1. The Hall–Kier alpha value is -1.29. The Morgan fingerprint density at radius 2 is 1.83 bits per heavy atom. The molecule has 0 spiro atoms. The monoisotopic (exact) mass is 289 g/mol. The van der Waals surface area contributed by atoms with Crippen molar-refractivity contribution in [3.63, 3.8) is 0 Å². The van der Waals surface area contributed by atoms with Crippen LogP contribution >= 0.6 is 10.7 Å². The predicted molar refractivity (Wildman–Crippen MR) is 67.1 cm³/mol. The SMILES string of the molecule is N#Cc1ccc(OCCOCCS(=O)(=O)Cl)cc1. The minimum Gasteiger partial charge on any atom is -0.491 e. The van der Waals surface area contributed by atoms with Crippen molar-refractivity contribution in [3.8, 4) is 11.8 Å². The molecule has 0 bridgehead atoms. The Morgan fingerprint density at radius 3 is 2.39 bits per heavy atom. The van der Waals surface area contributed by atoms with E-state index in [-0.39, 0.29) is 19.0 Å². The maximum atomic E-state index is 10.6. The van der Waals surface area contributed by atoms with E-state index in [0.717, 1.165) is 0 Å². The highest BCUT2D eigenvalue weighted by molar-refractivity contribution is 8.13. The number of rotatable bonds is 7. The molecule has 7 heteroatoms. The fourth-order valence-electron chi connectivity index (χ4n) is 1.10. The van der Waals surface area contributed by atoms with E-state index in [1.807, 2.05) is 6.07 Å². The average Bonchev–Trinajstić information content (AvgIpc) is 2.33. The molecule has 1 aromatic carbocycles. The Bertz CT molecular complexity index is 507. The number of halogens is 1. The third kappa shape index (κ3) is 6.45. The van der Waals surface area contributed by atoms with Gasteiger partial charge in [-0.1, -0.05) is 0 Å². The molecule has 0 fully saturated rings. The van der Waals surface area contributed by atoms with Crippen molar-refractivity contribution in [2.45, 2.75) is 0 Å². The summed E-state index contributed by atoms with van der Waals surface area (Å²) in [5.41, 5.74) is 0.561. The molecular formula is C11H12ClNO4S. The summed E-state index contributed by atoms with van der Waals surface area (Å²) in [5.74, 6) is 0.411. The minimum absolute atomic E-state index is 0.0442. The molecule has 1 rings (SSSR count). The molecule has 1 aromatic rings. The van der Waals surface area contributed by atoms with Gasteiger partial charge in [0.1, 0.15) is 12.4 Å². The summed E-state index contributed by atoms with van der Waals surface area (Å²) in [6.45, 7) is 0.614. The average molecular weight is 290 g/mol. The Kier molecular flexibility index (Phi) is 5.92. The summed E-state index contributed by atoms with van der Waals surface area (Å²) in [6, 6.07) is 8.67. The second-order valence-corrected chi connectivity index (χ2v) is 6.24. The second kappa shape index (κ2) is 7.21. The van der Waals surface area contributed by atoms with Crippen LogP contribution in [-0.4, -0.2) is 34.0 Å². The van der Waals surface area contributed by atoms with Gasteiger partial charge in [0.25, 0.3) is 0 Å². The van der Waals surface area contributed by atoms with Gasteiger partial charge in [-0.15, -0.1) is 0 Å². The van der Waals surface area contributed by atoms with E-state index >= 15 is 0 Å². The van der Waals surface area contributed by atoms with Crippen LogP contribution in [0.15, 0.2) is 24.3 Å². The van der Waals surface area contributed by atoms with Crippen molar-refractivity contribution < 1.29 is 17.9 Å². The van der Waals surface area contributed by atoms with Gasteiger partial charge in [-0.25, -0.2) is 8.42 Å². The molecule has 0 saturated heterocycles. The van der Waals surface area contributed by atoms with E-state index in [1.54, 1.807) is 24.3 Å². The van der Waals surface area contributed by atoms with Crippen molar-refractivity contribution >= 4 is 19.7 Å². The first-order valence-corrected chi connectivity index (χ1v) is 7.62. The molecule has 0 aromatic heterocycles. The molecule has 0 aliphatic rings. The van der Waals surface area contributed by atoms with Crippen molar-refractivity contribution in [1.29, 1.82) is 5.26 Å². The van der Waals surface area contributed by atoms with Crippen LogP contribution in [0.3, 0.4) is 0 Å². The van der Waals surface area contributed by atoms with Gasteiger partial charge in [0.15, 0.2) is 0 Å². The smallest absolute Gasteiger partial charge is 0.234 e. The molecular weight excluding hydrogens is 278 g/mol. The zero-order chi connectivity index (χ0) is 13.4. The molecule has 18 heavy (non-hydrogen) atoms. The first-order valence-electron chi connectivity index (χ1n) is 5.14. The van der Waals surface area contributed by atoms with Crippen LogP contribution < -0.4 is 4.74 Å². The molecule has 0 unspecified atom stereocenters. The van der Waals surface area contributed by atoms with E-state index < -0.39 is 9.05 Å². The summed E-state index contributed by atoms with van der Waals surface area (Å²) in [6.07, 6.45) is 0. The second-order valence-electron chi connectivity index (χ2n) is 3.34. The van der Waals surface area contributed by atoms with Crippen molar-refractivity contribution in [2.75, 3.05) is 25.6 Å². The van der Waals surface area contributed by atoms with Gasteiger partial charge >= 0.3 is 0 Å². The minimum atomic E-state index is -3.50. The molecule has 0 radical (unpaired) electrons. The third-order valence-corrected chi connectivity index (χ3v) is 3.07. The maximum Gasteiger partial charge on any atom is 0.234 e. The molecule has 0 N–H and O–H groups in total. The normalized spacial score (nSPS) is 10.9. The van der Waals surface area contributed by atoms with Gasteiger partial charge in [-0.05, 0) is 24.3 Å². The molecule has 0 aliphatic heterocycles. The molecule has 0 amide bonds. The van der Waals surface area contributed by atoms with Crippen LogP contribution in [0.25, 0.3) is 0 Å². The highest BCUT2D eigenvalue weighted by Crippen LogP contribution is 2.11. The summed E-state index contributed by atoms with van der Waals surface area (Å²) >= 11 is 0. The van der Waals surface area contributed by atoms with Crippen LogP contribution in [-0.2, 0) is 13.8 Å². The Balaban J connectivity index is 2.16. The van der Waals surface area contributed by atoms with Crippen LogP contribution in [0, 0.1) is 11.3 Å². The van der Waals surface area contributed by atoms with Gasteiger partial charge in [0.2, 0.25) is 9.05 Å². The summed E-state index contributed by atoms with van der Waals surface area (Å²) in [7, 11) is 1.51.